The fourth-order valence-electron chi connectivity index (χ4n) is 2.12. The van der Waals surface area contributed by atoms with Crippen LogP contribution in [-0.4, -0.2) is 37.5 Å². The monoisotopic (exact) mass is 246 g/mol. The van der Waals surface area contributed by atoms with Crippen molar-refractivity contribution in [3.05, 3.63) is 29.3 Å². The topological polar surface area (TPSA) is 24.8 Å². The van der Waals surface area contributed by atoms with Crippen LogP contribution < -0.4 is 4.74 Å². The van der Waals surface area contributed by atoms with Crippen LogP contribution in [0.2, 0.25) is 0 Å². The molecule has 3 heteroatoms. The molecule has 0 unspecified atom stereocenters. The summed E-state index contributed by atoms with van der Waals surface area (Å²) in [6, 6.07) is 6.42. The number of benzene rings is 1. The zero-order chi connectivity index (χ0) is 13.1. The molecule has 0 spiro atoms. The van der Waals surface area contributed by atoms with Gasteiger partial charge in [0.25, 0.3) is 0 Å². The molecule has 0 amide bonds. The summed E-state index contributed by atoms with van der Waals surface area (Å²) in [5.74, 6) is 2.52. The van der Waals surface area contributed by atoms with E-state index in [0.29, 0.717) is 12.5 Å². The van der Waals surface area contributed by atoms with Gasteiger partial charge in [-0.05, 0) is 30.0 Å². The molecule has 98 valence electrons. The summed E-state index contributed by atoms with van der Waals surface area (Å²) in [5.41, 5.74) is 2.50. The number of amidine groups is 1. The number of aryl methyl sites for hydroxylation is 1. The van der Waals surface area contributed by atoms with E-state index in [-0.39, 0.29) is 0 Å². The van der Waals surface area contributed by atoms with E-state index in [1.807, 2.05) is 0 Å². The first-order chi connectivity index (χ1) is 8.58. The summed E-state index contributed by atoms with van der Waals surface area (Å²) in [6.07, 6.45) is 0. The maximum atomic E-state index is 5.96. The molecule has 0 radical (unpaired) electrons. The van der Waals surface area contributed by atoms with Crippen LogP contribution in [0.5, 0.6) is 5.75 Å². The Balaban J connectivity index is 2.10. The summed E-state index contributed by atoms with van der Waals surface area (Å²) in [4.78, 5) is 6.60. The van der Waals surface area contributed by atoms with Gasteiger partial charge in [-0.3, -0.25) is 4.99 Å². The van der Waals surface area contributed by atoms with Crippen LogP contribution in [0.1, 0.15) is 30.9 Å². The fourth-order valence-corrected chi connectivity index (χ4v) is 2.12. The second kappa shape index (κ2) is 5.42. The lowest BCUT2D eigenvalue weighted by Gasteiger charge is -2.18. The molecule has 1 aromatic carbocycles. The van der Waals surface area contributed by atoms with Gasteiger partial charge >= 0.3 is 0 Å². The molecule has 18 heavy (non-hydrogen) atoms. The van der Waals surface area contributed by atoms with Crippen molar-refractivity contribution in [2.75, 3.05) is 26.7 Å². The Kier molecular flexibility index (Phi) is 3.90. The summed E-state index contributed by atoms with van der Waals surface area (Å²) in [6.45, 7) is 8.94. The van der Waals surface area contributed by atoms with Gasteiger partial charge in [0.05, 0.1) is 6.54 Å². The van der Waals surface area contributed by atoms with Crippen LogP contribution in [-0.2, 0) is 0 Å². The average molecular weight is 246 g/mol. The van der Waals surface area contributed by atoms with Gasteiger partial charge in [0.15, 0.2) is 0 Å². The van der Waals surface area contributed by atoms with E-state index in [1.165, 1.54) is 11.1 Å². The molecule has 0 saturated heterocycles. The molecule has 3 nitrogen and oxygen atoms in total. The predicted molar refractivity (Wildman–Crippen MR) is 75.7 cm³/mol. The number of aliphatic imine (C=N–C) groups is 1. The zero-order valence-corrected chi connectivity index (χ0v) is 11.7. The van der Waals surface area contributed by atoms with Crippen molar-refractivity contribution < 1.29 is 4.74 Å². The Morgan fingerprint density at radius 3 is 2.78 bits per heavy atom. The van der Waals surface area contributed by atoms with E-state index in [4.69, 9.17) is 4.74 Å². The summed E-state index contributed by atoms with van der Waals surface area (Å²) < 4.78 is 5.96. The normalized spacial score (nSPS) is 15.2. The van der Waals surface area contributed by atoms with Crippen LogP contribution in [0.25, 0.3) is 0 Å². The molecule has 1 aromatic rings. The second-order valence-electron chi connectivity index (χ2n) is 5.20. The molecular weight excluding hydrogens is 224 g/mol. The number of nitrogens with zero attached hydrogens (tertiary/aromatic N) is 2. The van der Waals surface area contributed by atoms with Crippen molar-refractivity contribution in [2.24, 2.45) is 4.99 Å². The van der Waals surface area contributed by atoms with Gasteiger partial charge in [0.2, 0.25) is 0 Å². The van der Waals surface area contributed by atoms with E-state index in [9.17, 15) is 0 Å². The summed E-state index contributed by atoms with van der Waals surface area (Å²) in [7, 11) is 2.06. The van der Waals surface area contributed by atoms with Gasteiger partial charge in [0.1, 0.15) is 18.2 Å². The van der Waals surface area contributed by atoms with Gasteiger partial charge in [-0.25, -0.2) is 0 Å². The fraction of sp³-hybridized carbons (Fsp3) is 0.533. The Morgan fingerprint density at radius 2 is 2.17 bits per heavy atom. The Hall–Kier alpha value is -1.51. The van der Waals surface area contributed by atoms with Gasteiger partial charge in [-0.2, -0.15) is 0 Å². The predicted octanol–water partition coefficient (Wildman–Crippen LogP) is 2.84. The van der Waals surface area contributed by atoms with E-state index < -0.39 is 0 Å². The lowest BCUT2D eigenvalue weighted by atomic mass is 10.0. The van der Waals surface area contributed by atoms with Crippen LogP contribution in [0, 0.1) is 6.92 Å². The van der Waals surface area contributed by atoms with Crippen LogP contribution in [0.3, 0.4) is 0 Å². The highest BCUT2D eigenvalue weighted by molar-refractivity contribution is 5.84. The minimum absolute atomic E-state index is 0.476. The number of hydrogen-bond acceptors (Lipinski definition) is 3. The van der Waals surface area contributed by atoms with Crippen molar-refractivity contribution >= 4 is 5.84 Å². The van der Waals surface area contributed by atoms with Crippen LogP contribution >= 0.6 is 0 Å². The van der Waals surface area contributed by atoms with Crippen molar-refractivity contribution in [1.29, 1.82) is 0 Å². The lowest BCUT2D eigenvalue weighted by Crippen LogP contribution is -2.28. The Bertz CT molecular complexity index is 452. The van der Waals surface area contributed by atoms with E-state index in [2.05, 4.69) is 55.9 Å². The molecule has 0 aromatic heterocycles. The number of likely N-dealkylation sites (N-methyl/N-ethyl adjacent to an activating group) is 1. The highest BCUT2D eigenvalue weighted by Gasteiger charge is 2.14. The third-order valence-electron chi connectivity index (χ3n) is 3.32. The van der Waals surface area contributed by atoms with Gasteiger partial charge in [-0.1, -0.05) is 26.0 Å². The highest BCUT2D eigenvalue weighted by Crippen LogP contribution is 2.27. The first-order valence-corrected chi connectivity index (χ1v) is 6.55. The minimum atomic E-state index is 0.476. The van der Waals surface area contributed by atoms with Crippen LogP contribution in [0.4, 0.5) is 0 Å². The molecule has 0 saturated carbocycles. The summed E-state index contributed by atoms with van der Waals surface area (Å²) in [5, 5.41) is 0. The van der Waals surface area contributed by atoms with Crippen molar-refractivity contribution in [3.63, 3.8) is 0 Å². The third-order valence-corrected chi connectivity index (χ3v) is 3.32. The van der Waals surface area contributed by atoms with Crippen LogP contribution in [0.15, 0.2) is 23.2 Å². The van der Waals surface area contributed by atoms with E-state index >= 15 is 0 Å². The smallest absolute Gasteiger partial charge is 0.145 e. The maximum Gasteiger partial charge on any atom is 0.145 e. The molecule has 2 rings (SSSR count). The third kappa shape index (κ3) is 2.84. The quantitative estimate of drug-likeness (QED) is 0.816. The average Bonchev–Trinajstić information content (AvgIpc) is 2.72. The molecular formula is C15H22N2O. The molecule has 1 aliphatic heterocycles. The Morgan fingerprint density at radius 1 is 1.39 bits per heavy atom. The van der Waals surface area contributed by atoms with Gasteiger partial charge in [0, 0.05) is 13.6 Å². The molecule has 0 aliphatic carbocycles. The number of ether oxygens (including phenoxy) is 1. The van der Waals surface area contributed by atoms with Crippen molar-refractivity contribution in [2.45, 2.75) is 26.7 Å². The molecule has 0 bridgehead atoms. The second-order valence-corrected chi connectivity index (χ2v) is 5.20. The molecule has 0 fully saturated rings. The van der Waals surface area contributed by atoms with Crippen molar-refractivity contribution in [3.8, 4) is 5.75 Å². The van der Waals surface area contributed by atoms with Gasteiger partial charge in [-0.15, -0.1) is 0 Å². The standard InChI is InChI=1S/C15H22N2O/c1-11(2)13-6-5-12(3)9-14(13)18-10-15-16-7-8-17(15)4/h5-6,9,11H,7-8,10H2,1-4H3. The number of rotatable bonds is 4. The minimum Gasteiger partial charge on any atom is -0.485 e. The first-order valence-electron chi connectivity index (χ1n) is 6.55. The zero-order valence-electron chi connectivity index (χ0n) is 11.7. The number of hydrogen-bond donors (Lipinski definition) is 0. The molecule has 0 atom stereocenters. The van der Waals surface area contributed by atoms with E-state index in [0.717, 1.165) is 24.7 Å². The van der Waals surface area contributed by atoms with E-state index in [1.54, 1.807) is 0 Å². The molecule has 1 heterocycles. The van der Waals surface area contributed by atoms with Crippen molar-refractivity contribution in [1.82, 2.24) is 4.90 Å². The van der Waals surface area contributed by atoms with Gasteiger partial charge < -0.3 is 9.64 Å². The largest absolute Gasteiger partial charge is 0.485 e. The lowest BCUT2D eigenvalue weighted by molar-refractivity contribution is 0.353. The first kappa shape index (κ1) is 12.9. The maximum absolute atomic E-state index is 5.96. The SMILES string of the molecule is Cc1ccc(C(C)C)c(OCC2=NCCN2C)c1. The summed E-state index contributed by atoms with van der Waals surface area (Å²) >= 11 is 0. The molecule has 1 aliphatic rings. The highest BCUT2D eigenvalue weighted by atomic mass is 16.5. The molecule has 0 N–H and O–H groups in total. The Labute approximate surface area is 109 Å².